The second-order valence-electron chi connectivity index (χ2n) is 5.11. The number of benzene rings is 1. The van der Waals surface area contributed by atoms with Crippen LogP contribution in [0.1, 0.15) is 11.4 Å². The van der Waals surface area contributed by atoms with E-state index in [2.05, 4.69) is 4.98 Å². The van der Waals surface area contributed by atoms with Crippen LogP contribution in [0.4, 0.5) is 5.69 Å². The summed E-state index contributed by atoms with van der Waals surface area (Å²) in [6.45, 7) is 2.45. The van der Waals surface area contributed by atoms with E-state index in [1.165, 1.54) is 11.3 Å². The van der Waals surface area contributed by atoms with Gasteiger partial charge in [0.05, 0.1) is 25.0 Å². The maximum absolute atomic E-state index is 12.2. The van der Waals surface area contributed by atoms with Gasteiger partial charge in [-0.3, -0.25) is 9.20 Å². The average molecular weight is 315 g/mol. The van der Waals surface area contributed by atoms with Crippen molar-refractivity contribution < 1.29 is 4.74 Å². The molecular weight excluding hydrogens is 298 g/mol. The van der Waals surface area contributed by atoms with Gasteiger partial charge in [0.1, 0.15) is 5.75 Å². The molecule has 0 atom stereocenters. The highest BCUT2D eigenvalue weighted by Gasteiger charge is 2.11. The molecule has 0 aliphatic rings. The van der Waals surface area contributed by atoms with Gasteiger partial charge in [-0.25, -0.2) is 4.98 Å². The van der Waals surface area contributed by atoms with Crippen molar-refractivity contribution in [2.45, 2.75) is 13.5 Å². The Morgan fingerprint density at radius 1 is 1.36 bits per heavy atom. The smallest absolute Gasteiger partial charge is 0.259 e. The molecule has 1 aromatic carbocycles. The predicted molar refractivity (Wildman–Crippen MR) is 89.2 cm³/mol. The molecule has 3 aromatic rings. The van der Waals surface area contributed by atoms with Crippen LogP contribution in [0.25, 0.3) is 4.96 Å². The minimum Gasteiger partial charge on any atom is -0.495 e. The summed E-state index contributed by atoms with van der Waals surface area (Å²) < 4.78 is 7.01. The molecule has 3 rings (SSSR count). The van der Waals surface area contributed by atoms with Crippen LogP contribution in [-0.4, -0.2) is 23.5 Å². The van der Waals surface area contributed by atoms with Gasteiger partial charge in [0.15, 0.2) is 4.96 Å². The lowest BCUT2D eigenvalue weighted by atomic mass is 10.2. The molecule has 0 N–H and O–H groups in total. The zero-order valence-electron chi connectivity index (χ0n) is 12.7. The summed E-state index contributed by atoms with van der Waals surface area (Å²) in [5.41, 5.74) is 2.60. The van der Waals surface area contributed by atoms with Gasteiger partial charge in [0.25, 0.3) is 5.56 Å². The number of fused-ring (bicyclic) bond motifs is 1. The normalized spacial score (nSPS) is 10.9. The number of para-hydroxylation sites is 2. The van der Waals surface area contributed by atoms with E-state index in [-0.39, 0.29) is 5.56 Å². The largest absolute Gasteiger partial charge is 0.495 e. The number of rotatable bonds is 4. The number of aryl methyl sites for hydroxylation is 1. The Labute approximate surface area is 132 Å². The van der Waals surface area contributed by atoms with Gasteiger partial charge in [-0.05, 0) is 19.1 Å². The number of thiazole rings is 1. The first-order valence-corrected chi connectivity index (χ1v) is 7.79. The monoisotopic (exact) mass is 315 g/mol. The fraction of sp³-hybridized carbons (Fsp3) is 0.250. The molecule has 0 saturated carbocycles. The molecule has 0 bridgehead atoms. The third-order valence-corrected chi connectivity index (χ3v) is 4.47. The van der Waals surface area contributed by atoms with Crippen LogP contribution < -0.4 is 15.2 Å². The first-order valence-electron chi connectivity index (χ1n) is 6.91. The molecule has 0 unspecified atom stereocenters. The first kappa shape index (κ1) is 14.6. The van der Waals surface area contributed by atoms with Crippen molar-refractivity contribution in [3.63, 3.8) is 0 Å². The summed E-state index contributed by atoms with van der Waals surface area (Å²) in [6.07, 6.45) is 0. The van der Waals surface area contributed by atoms with Gasteiger partial charge in [0.2, 0.25) is 0 Å². The number of aromatic nitrogens is 2. The van der Waals surface area contributed by atoms with Crippen LogP contribution >= 0.6 is 11.3 Å². The van der Waals surface area contributed by atoms with Crippen LogP contribution in [0, 0.1) is 6.92 Å². The Hall–Kier alpha value is -2.34. The van der Waals surface area contributed by atoms with E-state index < -0.39 is 0 Å². The van der Waals surface area contributed by atoms with Gasteiger partial charge >= 0.3 is 0 Å². The summed E-state index contributed by atoms with van der Waals surface area (Å²) in [6, 6.07) is 9.39. The van der Waals surface area contributed by atoms with Crippen molar-refractivity contribution in [2.75, 3.05) is 19.1 Å². The number of nitrogens with zero attached hydrogens (tertiary/aromatic N) is 3. The van der Waals surface area contributed by atoms with Gasteiger partial charge in [-0.2, -0.15) is 0 Å². The minimum absolute atomic E-state index is 0.0350. The number of methoxy groups -OCH3 is 1. The average Bonchev–Trinajstić information content (AvgIpc) is 2.88. The van der Waals surface area contributed by atoms with E-state index >= 15 is 0 Å². The second kappa shape index (κ2) is 5.81. The van der Waals surface area contributed by atoms with Crippen LogP contribution in [-0.2, 0) is 6.54 Å². The van der Waals surface area contributed by atoms with Crippen LogP contribution in [0.5, 0.6) is 5.75 Å². The lowest BCUT2D eigenvalue weighted by Crippen LogP contribution is -2.21. The molecule has 0 radical (unpaired) electrons. The van der Waals surface area contributed by atoms with Crippen molar-refractivity contribution in [2.24, 2.45) is 0 Å². The quantitative estimate of drug-likeness (QED) is 0.743. The lowest BCUT2D eigenvalue weighted by Gasteiger charge is -2.21. The van der Waals surface area contributed by atoms with E-state index in [0.717, 1.165) is 27.8 Å². The summed E-state index contributed by atoms with van der Waals surface area (Å²) in [4.78, 5) is 19.5. The number of anilines is 1. The Kier molecular flexibility index (Phi) is 3.85. The van der Waals surface area contributed by atoms with Crippen LogP contribution in [0.15, 0.2) is 40.5 Å². The van der Waals surface area contributed by atoms with Gasteiger partial charge in [0, 0.05) is 24.2 Å². The second-order valence-corrected chi connectivity index (χ2v) is 5.95. The maximum Gasteiger partial charge on any atom is 0.259 e. The van der Waals surface area contributed by atoms with Crippen LogP contribution in [0.2, 0.25) is 0 Å². The van der Waals surface area contributed by atoms with Gasteiger partial charge in [-0.1, -0.05) is 12.1 Å². The van der Waals surface area contributed by atoms with Gasteiger partial charge in [-0.15, -0.1) is 11.3 Å². The molecule has 0 aliphatic heterocycles. The first-order chi connectivity index (χ1) is 10.6. The molecule has 2 heterocycles. The Morgan fingerprint density at radius 2 is 2.14 bits per heavy atom. The van der Waals surface area contributed by atoms with E-state index in [4.69, 9.17) is 4.74 Å². The highest BCUT2D eigenvalue weighted by Crippen LogP contribution is 2.27. The highest BCUT2D eigenvalue weighted by molar-refractivity contribution is 7.15. The zero-order valence-corrected chi connectivity index (χ0v) is 13.6. The van der Waals surface area contributed by atoms with E-state index in [0.29, 0.717) is 6.54 Å². The fourth-order valence-electron chi connectivity index (χ4n) is 2.46. The van der Waals surface area contributed by atoms with E-state index in [9.17, 15) is 4.79 Å². The molecule has 114 valence electrons. The Morgan fingerprint density at radius 3 is 2.91 bits per heavy atom. The molecule has 0 aliphatic carbocycles. The predicted octanol–water partition coefficient (Wildman–Crippen LogP) is 2.71. The number of ether oxygens (including phenoxy) is 1. The molecule has 6 heteroatoms. The van der Waals surface area contributed by atoms with Crippen molar-refractivity contribution in [1.82, 2.24) is 9.38 Å². The summed E-state index contributed by atoms with van der Waals surface area (Å²) in [5.74, 6) is 0.801. The molecule has 5 nitrogen and oxygen atoms in total. The molecule has 2 aromatic heterocycles. The highest BCUT2D eigenvalue weighted by atomic mass is 32.1. The molecule has 0 fully saturated rings. The van der Waals surface area contributed by atoms with Gasteiger partial charge < -0.3 is 9.64 Å². The van der Waals surface area contributed by atoms with Crippen molar-refractivity contribution in [3.05, 3.63) is 57.5 Å². The zero-order chi connectivity index (χ0) is 15.7. The SMILES string of the molecule is COc1ccccc1N(C)Cc1cc(=O)n2c(C)csc2n1. The molecular formula is C16H17N3O2S. The third kappa shape index (κ3) is 2.57. The third-order valence-electron chi connectivity index (χ3n) is 3.52. The summed E-state index contributed by atoms with van der Waals surface area (Å²) in [5, 5.41) is 1.94. The molecule has 22 heavy (non-hydrogen) atoms. The summed E-state index contributed by atoms with van der Waals surface area (Å²) in [7, 11) is 3.61. The van der Waals surface area contributed by atoms with Crippen molar-refractivity contribution >= 4 is 22.0 Å². The lowest BCUT2D eigenvalue weighted by molar-refractivity contribution is 0.414. The molecule has 0 amide bonds. The van der Waals surface area contributed by atoms with E-state index in [1.807, 2.05) is 48.5 Å². The topological polar surface area (TPSA) is 46.8 Å². The van der Waals surface area contributed by atoms with Crippen molar-refractivity contribution in [1.29, 1.82) is 0 Å². The van der Waals surface area contributed by atoms with Crippen LogP contribution in [0.3, 0.4) is 0 Å². The number of hydrogen-bond acceptors (Lipinski definition) is 5. The van der Waals surface area contributed by atoms with E-state index in [1.54, 1.807) is 17.6 Å². The standard InChI is InChI=1S/C16H17N3O2S/c1-11-10-22-16-17-12(8-15(20)19(11)16)9-18(2)13-6-4-5-7-14(13)21-3/h4-8,10H,9H2,1-3H3. The molecule has 0 spiro atoms. The minimum atomic E-state index is -0.0350. The van der Waals surface area contributed by atoms with Crippen molar-refractivity contribution in [3.8, 4) is 5.75 Å². The summed E-state index contributed by atoms with van der Waals surface area (Å²) >= 11 is 1.48. The fourth-order valence-corrected chi connectivity index (χ4v) is 3.35. The maximum atomic E-state index is 12.2. The Bertz CT molecular complexity index is 869. The Balaban J connectivity index is 1.94. The number of hydrogen-bond donors (Lipinski definition) is 0. The molecule has 0 saturated heterocycles.